The highest BCUT2D eigenvalue weighted by Crippen LogP contribution is 2.30. The van der Waals surface area contributed by atoms with Crippen molar-refractivity contribution in [1.29, 1.82) is 0 Å². The molecule has 0 saturated heterocycles. The molecule has 2 aromatic rings. The topological polar surface area (TPSA) is 90.4 Å². The predicted molar refractivity (Wildman–Crippen MR) is 75.7 cm³/mol. The molecule has 100 valence electrons. The van der Waals surface area contributed by atoms with E-state index in [1.165, 1.54) is 19.2 Å². The Labute approximate surface area is 114 Å². The highest BCUT2D eigenvalue weighted by molar-refractivity contribution is 7.10. The van der Waals surface area contributed by atoms with E-state index in [9.17, 15) is 10.1 Å². The third-order valence-electron chi connectivity index (χ3n) is 2.62. The standard InChI is InChI=1S/C12H13N3O3S/c1-18-11-6-8(15(16)17)2-3-10(11)14-7-12-9(13)4-5-19-12/h2-6,14H,7,13H2,1H3. The van der Waals surface area contributed by atoms with Crippen LogP contribution in [0.1, 0.15) is 4.88 Å². The van der Waals surface area contributed by atoms with E-state index in [0.717, 1.165) is 10.6 Å². The molecule has 2 rings (SSSR count). The van der Waals surface area contributed by atoms with Crippen molar-refractivity contribution in [2.45, 2.75) is 6.54 Å². The van der Waals surface area contributed by atoms with Gasteiger partial charge in [0.1, 0.15) is 5.75 Å². The normalized spacial score (nSPS) is 10.2. The highest BCUT2D eigenvalue weighted by Gasteiger charge is 2.11. The van der Waals surface area contributed by atoms with Gasteiger partial charge in [0.05, 0.1) is 30.3 Å². The van der Waals surface area contributed by atoms with Crippen LogP contribution in [0.5, 0.6) is 5.75 Å². The molecular weight excluding hydrogens is 266 g/mol. The van der Waals surface area contributed by atoms with Gasteiger partial charge in [-0.25, -0.2) is 0 Å². The van der Waals surface area contributed by atoms with Crippen LogP contribution in [0.25, 0.3) is 0 Å². The van der Waals surface area contributed by atoms with E-state index in [1.807, 2.05) is 11.4 Å². The van der Waals surface area contributed by atoms with Crippen LogP contribution in [0.4, 0.5) is 17.1 Å². The number of anilines is 2. The second-order valence-corrected chi connectivity index (χ2v) is 4.80. The lowest BCUT2D eigenvalue weighted by molar-refractivity contribution is -0.384. The summed E-state index contributed by atoms with van der Waals surface area (Å²) in [6.45, 7) is 0.553. The van der Waals surface area contributed by atoms with E-state index in [-0.39, 0.29) is 5.69 Å². The average Bonchev–Trinajstić information content (AvgIpc) is 2.81. The van der Waals surface area contributed by atoms with Crippen LogP contribution in [-0.2, 0) is 6.54 Å². The van der Waals surface area contributed by atoms with Gasteiger partial charge in [-0.05, 0) is 17.5 Å². The van der Waals surface area contributed by atoms with Crippen LogP contribution in [0.2, 0.25) is 0 Å². The lowest BCUT2D eigenvalue weighted by Gasteiger charge is -2.10. The molecular formula is C12H13N3O3S. The maximum Gasteiger partial charge on any atom is 0.273 e. The number of nitrogen functional groups attached to an aromatic ring is 1. The number of thiophene rings is 1. The van der Waals surface area contributed by atoms with Crippen molar-refractivity contribution >= 4 is 28.4 Å². The highest BCUT2D eigenvalue weighted by atomic mass is 32.1. The lowest BCUT2D eigenvalue weighted by Crippen LogP contribution is -2.02. The van der Waals surface area contributed by atoms with Crippen LogP contribution in [-0.4, -0.2) is 12.0 Å². The van der Waals surface area contributed by atoms with Gasteiger partial charge >= 0.3 is 0 Å². The molecule has 0 saturated carbocycles. The largest absolute Gasteiger partial charge is 0.494 e. The van der Waals surface area contributed by atoms with Gasteiger partial charge in [-0.3, -0.25) is 10.1 Å². The molecule has 0 aliphatic heterocycles. The van der Waals surface area contributed by atoms with Gasteiger partial charge in [0.25, 0.3) is 5.69 Å². The lowest BCUT2D eigenvalue weighted by atomic mass is 10.2. The van der Waals surface area contributed by atoms with E-state index >= 15 is 0 Å². The summed E-state index contributed by atoms with van der Waals surface area (Å²) >= 11 is 1.55. The summed E-state index contributed by atoms with van der Waals surface area (Å²) in [5.74, 6) is 0.435. The number of nitro groups is 1. The summed E-state index contributed by atoms with van der Waals surface area (Å²) in [4.78, 5) is 11.2. The number of ether oxygens (including phenoxy) is 1. The fraction of sp³-hybridized carbons (Fsp3) is 0.167. The molecule has 0 fully saturated rings. The smallest absolute Gasteiger partial charge is 0.273 e. The van der Waals surface area contributed by atoms with Crippen molar-refractivity contribution in [3.63, 3.8) is 0 Å². The van der Waals surface area contributed by atoms with Crippen LogP contribution in [0.3, 0.4) is 0 Å². The summed E-state index contributed by atoms with van der Waals surface area (Å²) in [5.41, 5.74) is 7.22. The summed E-state index contributed by atoms with van der Waals surface area (Å²) in [6, 6.07) is 6.29. The van der Waals surface area contributed by atoms with Gasteiger partial charge in [0.15, 0.2) is 0 Å². The first-order valence-electron chi connectivity index (χ1n) is 5.50. The molecule has 0 atom stereocenters. The molecule has 7 heteroatoms. The molecule has 0 radical (unpaired) electrons. The maximum absolute atomic E-state index is 10.7. The number of nitrogens with two attached hydrogens (primary N) is 1. The minimum Gasteiger partial charge on any atom is -0.494 e. The van der Waals surface area contributed by atoms with Crippen LogP contribution in [0, 0.1) is 10.1 Å². The summed E-state index contributed by atoms with van der Waals surface area (Å²) in [6.07, 6.45) is 0. The summed E-state index contributed by atoms with van der Waals surface area (Å²) < 4.78 is 5.14. The van der Waals surface area contributed by atoms with Crippen LogP contribution >= 0.6 is 11.3 Å². The van der Waals surface area contributed by atoms with Crippen LogP contribution < -0.4 is 15.8 Å². The predicted octanol–water partition coefficient (Wildman–Crippen LogP) is 2.86. The molecule has 1 aromatic heterocycles. The molecule has 0 amide bonds. The number of hydrogen-bond acceptors (Lipinski definition) is 6. The molecule has 0 aliphatic rings. The molecule has 19 heavy (non-hydrogen) atoms. The Hall–Kier alpha value is -2.28. The van der Waals surface area contributed by atoms with Crippen molar-refractivity contribution in [2.75, 3.05) is 18.2 Å². The fourth-order valence-corrected chi connectivity index (χ4v) is 2.35. The van der Waals surface area contributed by atoms with Crippen molar-refractivity contribution in [3.05, 3.63) is 44.6 Å². The Kier molecular flexibility index (Phi) is 3.86. The van der Waals surface area contributed by atoms with E-state index in [0.29, 0.717) is 18.0 Å². The summed E-state index contributed by atoms with van der Waals surface area (Å²) in [5, 5.41) is 15.8. The third-order valence-corrected chi connectivity index (χ3v) is 3.55. The zero-order valence-electron chi connectivity index (χ0n) is 10.3. The number of non-ortho nitro benzene ring substituents is 1. The molecule has 3 N–H and O–H groups in total. The molecule has 0 aliphatic carbocycles. The first kappa shape index (κ1) is 13.2. The van der Waals surface area contributed by atoms with Crippen molar-refractivity contribution in [3.8, 4) is 5.75 Å². The zero-order valence-corrected chi connectivity index (χ0v) is 11.1. The Bertz CT molecular complexity index is 598. The van der Waals surface area contributed by atoms with Gasteiger partial charge in [-0.1, -0.05) is 0 Å². The first-order chi connectivity index (χ1) is 9.11. The van der Waals surface area contributed by atoms with Crippen molar-refractivity contribution in [1.82, 2.24) is 0 Å². The number of methoxy groups -OCH3 is 1. The van der Waals surface area contributed by atoms with Crippen LogP contribution in [0.15, 0.2) is 29.6 Å². The number of benzene rings is 1. The van der Waals surface area contributed by atoms with Gasteiger partial charge in [-0.2, -0.15) is 0 Å². The van der Waals surface area contributed by atoms with E-state index in [1.54, 1.807) is 17.4 Å². The third kappa shape index (κ3) is 2.94. The van der Waals surface area contributed by atoms with Gasteiger partial charge in [-0.15, -0.1) is 11.3 Å². The number of nitrogens with one attached hydrogen (secondary N) is 1. The summed E-state index contributed by atoms with van der Waals surface area (Å²) in [7, 11) is 1.48. The number of rotatable bonds is 5. The fourth-order valence-electron chi connectivity index (χ4n) is 1.61. The number of nitro benzene ring substituents is 1. The quantitative estimate of drug-likeness (QED) is 0.648. The van der Waals surface area contributed by atoms with Gasteiger partial charge < -0.3 is 15.8 Å². The Morgan fingerprint density at radius 1 is 1.47 bits per heavy atom. The monoisotopic (exact) mass is 279 g/mol. The SMILES string of the molecule is COc1cc([N+](=O)[O-])ccc1NCc1sccc1N. The van der Waals surface area contributed by atoms with E-state index in [4.69, 9.17) is 10.5 Å². The molecule has 1 heterocycles. The number of nitrogens with zero attached hydrogens (tertiary/aromatic N) is 1. The molecule has 0 bridgehead atoms. The zero-order chi connectivity index (χ0) is 13.8. The van der Waals surface area contributed by atoms with E-state index < -0.39 is 4.92 Å². The minimum absolute atomic E-state index is 0.00182. The molecule has 6 nitrogen and oxygen atoms in total. The molecule has 0 spiro atoms. The second kappa shape index (κ2) is 5.57. The van der Waals surface area contributed by atoms with Gasteiger partial charge in [0.2, 0.25) is 0 Å². The second-order valence-electron chi connectivity index (χ2n) is 3.79. The minimum atomic E-state index is -0.455. The Balaban J connectivity index is 2.16. The average molecular weight is 279 g/mol. The van der Waals surface area contributed by atoms with Gasteiger partial charge in [0, 0.05) is 16.6 Å². The molecule has 0 unspecified atom stereocenters. The maximum atomic E-state index is 10.7. The molecule has 1 aromatic carbocycles. The van der Waals surface area contributed by atoms with Crippen molar-refractivity contribution < 1.29 is 9.66 Å². The van der Waals surface area contributed by atoms with E-state index in [2.05, 4.69) is 5.32 Å². The Morgan fingerprint density at radius 2 is 2.26 bits per heavy atom. The number of hydrogen-bond donors (Lipinski definition) is 2. The van der Waals surface area contributed by atoms with Crippen molar-refractivity contribution in [2.24, 2.45) is 0 Å². The Morgan fingerprint density at radius 3 is 2.84 bits per heavy atom. The first-order valence-corrected chi connectivity index (χ1v) is 6.38.